The number of hydrogen-bond donors (Lipinski definition) is 2. The van der Waals surface area contributed by atoms with Gasteiger partial charge in [0, 0.05) is 30.9 Å². The van der Waals surface area contributed by atoms with Gasteiger partial charge in [0.2, 0.25) is 10.0 Å². The summed E-state index contributed by atoms with van der Waals surface area (Å²) in [6, 6.07) is 7.41. The van der Waals surface area contributed by atoms with E-state index < -0.39 is 10.0 Å². The minimum Gasteiger partial charge on any atom is -0.379 e. The zero-order valence-electron chi connectivity index (χ0n) is 14.6. The van der Waals surface area contributed by atoms with E-state index in [9.17, 15) is 13.2 Å². The molecular weight excluding hydrogens is 342 g/mol. The number of hydrogen-bond acceptors (Lipinski definition) is 4. The average Bonchev–Trinajstić information content (AvgIpc) is 3.13. The summed E-state index contributed by atoms with van der Waals surface area (Å²) < 4.78 is 30.8. The third-order valence-corrected chi connectivity index (χ3v) is 6.48. The fourth-order valence-corrected chi connectivity index (χ4v) is 4.13. The molecule has 1 aliphatic heterocycles. The van der Waals surface area contributed by atoms with Gasteiger partial charge in [0.25, 0.3) is 5.91 Å². The Hall–Kier alpha value is -1.90. The van der Waals surface area contributed by atoms with E-state index in [0.29, 0.717) is 18.9 Å². The third kappa shape index (κ3) is 3.86. The Labute approximate surface area is 147 Å². The van der Waals surface area contributed by atoms with Gasteiger partial charge in [0.1, 0.15) is 5.69 Å². The molecule has 2 atom stereocenters. The maximum atomic E-state index is 12.5. The normalized spacial score (nSPS) is 21.1. The number of amides is 1. The number of aromatic nitrogens is 1. The van der Waals surface area contributed by atoms with Crippen LogP contribution in [0.3, 0.4) is 0 Å². The smallest absolute Gasteiger partial charge is 0.268 e. The monoisotopic (exact) mass is 365 g/mol. The Morgan fingerprint density at radius 1 is 1.32 bits per heavy atom. The summed E-state index contributed by atoms with van der Waals surface area (Å²) in [7, 11) is -0.336. The number of nitrogens with zero attached hydrogens (tertiary/aromatic N) is 1. The number of fused-ring (bicyclic) bond motifs is 1. The maximum Gasteiger partial charge on any atom is 0.268 e. The Kier molecular flexibility index (Phi) is 4.86. The highest BCUT2D eigenvalue weighted by Gasteiger charge is 2.34. The van der Waals surface area contributed by atoms with Gasteiger partial charge in [-0.2, -0.15) is 0 Å². The van der Waals surface area contributed by atoms with Crippen molar-refractivity contribution in [1.29, 1.82) is 0 Å². The first-order chi connectivity index (χ1) is 11.8. The summed E-state index contributed by atoms with van der Waals surface area (Å²) in [6.45, 7) is 2.64. The molecule has 1 aromatic carbocycles. The number of sulfonamides is 1. The number of aryl methyl sites for hydroxylation is 1. The SMILES string of the molecule is Cc1ccc2[nH]c(C(=O)N[C@@H]3COC[C@H]3CS(=O)(=O)N(C)C)cc2c1. The first kappa shape index (κ1) is 17.9. The molecule has 0 spiro atoms. The van der Waals surface area contributed by atoms with Gasteiger partial charge in [-0.25, -0.2) is 12.7 Å². The summed E-state index contributed by atoms with van der Waals surface area (Å²) in [5.74, 6) is -0.559. The maximum absolute atomic E-state index is 12.5. The van der Waals surface area contributed by atoms with Crippen LogP contribution < -0.4 is 5.32 Å². The van der Waals surface area contributed by atoms with Crippen molar-refractivity contribution in [3.8, 4) is 0 Å². The zero-order valence-corrected chi connectivity index (χ0v) is 15.4. The molecule has 3 rings (SSSR count). The molecule has 0 aliphatic carbocycles. The molecule has 1 fully saturated rings. The van der Waals surface area contributed by atoms with Gasteiger partial charge in [-0.05, 0) is 25.1 Å². The second-order valence-electron chi connectivity index (χ2n) is 6.71. The first-order valence-electron chi connectivity index (χ1n) is 8.14. The molecule has 136 valence electrons. The summed E-state index contributed by atoms with van der Waals surface area (Å²) in [4.78, 5) is 15.6. The largest absolute Gasteiger partial charge is 0.379 e. The van der Waals surface area contributed by atoms with Crippen LogP contribution in [0.15, 0.2) is 24.3 Å². The summed E-state index contributed by atoms with van der Waals surface area (Å²) in [5.41, 5.74) is 2.48. The third-order valence-electron chi connectivity index (χ3n) is 4.52. The first-order valence-corrected chi connectivity index (χ1v) is 9.75. The van der Waals surface area contributed by atoms with Gasteiger partial charge >= 0.3 is 0 Å². The quantitative estimate of drug-likeness (QED) is 0.830. The number of aromatic amines is 1. The van der Waals surface area contributed by atoms with Crippen molar-refractivity contribution in [3.05, 3.63) is 35.5 Å². The molecule has 7 nitrogen and oxygen atoms in total. The van der Waals surface area contributed by atoms with Gasteiger partial charge in [0.05, 0.1) is 25.0 Å². The summed E-state index contributed by atoms with van der Waals surface area (Å²) in [5, 5.41) is 3.88. The number of benzene rings is 1. The molecule has 0 radical (unpaired) electrons. The van der Waals surface area contributed by atoms with Crippen LogP contribution in [0.2, 0.25) is 0 Å². The van der Waals surface area contributed by atoms with Crippen molar-refractivity contribution < 1.29 is 17.9 Å². The van der Waals surface area contributed by atoms with E-state index in [0.717, 1.165) is 16.5 Å². The minimum absolute atomic E-state index is 0.0448. The van der Waals surface area contributed by atoms with Crippen molar-refractivity contribution >= 4 is 26.8 Å². The van der Waals surface area contributed by atoms with Crippen molar-refractivity contribution in [2.24, 2.45) is 5.92 Å². The van der Waals surface area contributed by atoms with Crippen LogP contribution in [0.4, 0.5) is 0 Å². The second kappa shape index (κ2) is 6.78. The predicted octanol–water partition coefficient (Wildman–Crippen LogP) is 1.11. The number of carbonyl (C=O) groups is 1. The lowest BCUT2D eigenvalue weighted by Crippen LogP contribution is -2.43. The molecule has 0 unspecified atom stereocenters. The standard InChI is InChI=1S/C17H23N3O4S/c1-11-4-5-14-12(6-11)7-15(18-14)17(21)19-16-9-24-8-13(16)10-25(22,23)20(2)3/h4-7,13,16,18H,8-10H2,1-3H3,(H,19,21)/t13-,16+/m0/s1. The topological polar surface area (TPSA) is 91.5 Å². The molecule has 0 bridgehead atoms. The minimum atomic E-state index is -3.35. The number of carbonyl (C=O) groups excluding carboxylic acids is 1. The fourth-order valence-electron chi connectivity index (χ4n) is 2.96. The van der Waals surface area contributed by atoms with Crippen molar-refractivity contribution in [2.75, 3.05) is 33.1 Å². The van der Waals surface area contributed by atoms with Crippen molar-refractivity contribution in [1.82, 2.24) is 14.6 Å². The van der Waals surface area contributed by atoms with E-state index in [4.69, 9.17) is 4.74 Å². The van der Waals surface area contributed by atoms with Crippen LogP contribution >= 0.6 is 0 Å². The molecule has 8 heteroatoms. The van der Waals surface area contributed by atoms with Crippen LogP contribution in [0.5, 0.6) is 0 Å². The Bertz CT molecular complexity index is 888. The molecule has 1 amide bonds. The van der Waals surface area contributed by atoms with Crippen LogP contribution in [0, 0.1) is 12.8 Å². The van der Waals surface area contributed by atoms with E-state index in [-0.39, 0.29) is 23.6 Å². The number of rotatable bonds is 5. The van der Waals surface area contributed by atoms with Gasteiger partial charge in [-0.1, -0.05) is 11.6 Å². The Morgan fingerprint density at radius 3 is 2.80 bits per heavy atom. The summed E-state index contributed by atoms with van der Waals surface area (Å²) in [6.07, 6.45) is 0. The van der Waals surface area contributed by atoms with E-state index in [2.05, 4.69) is 10.3 Å². The fraction of sp³-hybridized carbons (Fsp3) is 0.471. The van der Waals surface area contributed by atoms with E-state index in [1.54, 1.807) is 6.07 Å². The lowest BCUT2D eigenvalue weighted by Gasteiger charge is -2.20. The molecule has 1 aliphatic rings. The molecule has 0 saturated carbocycles. The second-order valence-corrected chi connectivity index (χ2v) is 8.94. The van der Waals surface area contributed by atoms with E-state index in [1.807, 2.05) is 25.1 Å². The van der Waals surface area contributed by atoms with Crippen LogP contribution in [-0.4, -0.2) is 62.7 Å². The molecule has 1 saturated heterocycles. The van der Waals surface area contributed by atoms with Crippen molar-refractivity contribution in [2.45, 2.75) is 13.0 Å². The van der Waals surface area contributed by atoms with Gasteiger partial charge in [-0.15, -0.1) is 0 Å². The summed E-state index contributed by atoms with van der Waals surface area (Å²) >= 11 is 0. The van der Waals surface area contributed by atoms with Crippen LogP contribution in [0.1, 0.15) is 16.1 Å². The van der Waals surface area contributed by atoms with E-state index >= 15 is 0 Å². The van der Waals surface area contributed by atoms with Gasteiger partial charge in [-0.3, -0.25) is 4.79 Å². The Balaban J connectivity index is 1.72. The predicted molar refractivity (Wildman–Crippen MR) is 96.1 cm³/mol. The highest BCUT2D eigenvalue weighted by molar-refractivity contribution is 7.89. The molecule has 2 heterocycles. The van der Waals surface area contributed by atoms with Crippen molar-refractivity contribution in [3.63, 3.8) is 0 Å². The number of ether oxygens (including phenoxy) is 1. The lowest BCUT2D eigenvalue weighted by molar-refractivity contribution is 0.0922. The molecule has 25 heavy (non-hydrogen) atoms. The molecule has 2 N–H and O–H groups in total. The number of nitrogens with one attached hydrogen (secondary N) is 2. The lowest BCUT2D eigenvalue weighted by atomic mass is 10.1. The molecule has 1 aromatic heterocycles. The van der Waals surface area contributed by atoms with Gasteiger partial charge in [0.15, 0.2) is 0 Å². The number of H-pyrrole nitrogens is 1. The molecule has 2 aromatic rings. The Morgan fingerprint density at radius 2 is 2.08 bits per heavy atom. The van der Waals surface area contributed by atoms with Crippen LogP contribution in [-0.2, 0) is 14.8 Å². The van der Waals surface area contributed by atoms with E-state index in [1.165, 1.54) is 18.4 Å². The zero-order chi connectivity index (χ0) is 18.2. The van der Waals surface area contributed by atoms with Gasteiger partial charge < -0.3 is 15.0 Å². The highest BCUT2D eigenvalue weighted by atomic mass is 32.2. The highest BCUT2D eigenvalue weighted by Crippen LogP contribution is 2.20. The average molecular weight is 365 g/mol. The molecular formula is C17H23N3O4S. The van der Waals surface area contributed by atoms with Crippen LogP contribution in [0.25, 0.3) is 10.9 Å².